The highest BCUT2D eigenvalue weighted by Crippen LogP contribution is 2.26. The molecule has 3 atom stereocenters. The molecule has 1 fully saturated rings. The zero-order valence-electron chi connectivity index (χ0n) is 11.7. The molecule has 0 radical (unpaired) electrons. The normalized spacial score (nSPS) is 25.8. The highest BCUT2D eigenvalue weighted by Gasteiger charge is 2.30. The molecule has 1 aromatic rings. The fourth-order valence-corrected chi connectivity index (χ4v) is 3.48. The van der Waals surface area contributed by atoms with Crippen molar-refractivity contribution in [1.82, 2.24) is 5.32 Å². The van der Waals surface area contributed by atoms with Gasteiger partial charge in [-0.25, -0.2) is 0 Å². The largest absolute Gasteiger partial charge is 0.378 e. The van der Waals surface area contributed by atoms with Crippen molar-refractivity contribution in [3.63, 3.8) is 0 Å². The predicted molar refractivity (Wildman–Crippen MR) is 78.2 cm³/mol. The summed E-state index contributed by atoms with van der Waals surface area (Å²) in [6, 6.07) is 2.77. The maximum absolute atomic E-state index is 5.83. The van der Waals surface area contributed by atoms with Crippen molar-refractivity contribution >= 4 is 11.3 Å². The third-order valence-corrected chi connectivity index (χ3v) is 4.50. The van der Waals surface area contributed by atoms with Crippen molar-refractivity contribution in [2.24, 2.45) is 11.8 Å². The van der Waals surface area contributed by atoms with Gasteiger partial charge in [-0.1, -0.05) is 13.8 Å². The third-order valence-electron chi connectivity index (χ3n) is 3.77. The van der Waals surface area contributed by atoms with E-state index in [9.17, 15) is 0 Å². The molecule has 0 aliphatic carbocycles. The predicted octanol–water partition coefficient (Wildman–Crippen LogP) is 3.33. The molecule has 1 aliphatic rings. The molecule has 0 spiro atoms. The van der Waals surface area contributed by atoms with Gasteiger partial charge in [-0.3, -0.25) is 0 Å². The zero-order valence-corrected chi connectivity index (χ0v) is 12.5. The second kappa shape index (κ2) is 6.69. The van der Waals surface area contributed by atoms with Gasteiger partial charge in [0.15, 0.2) is 0 Å². The van der Waals surface area contributed by atoms with Gasteiger partial charge in [0.05, 0.1) is 6.10 Å². The zero-order chi connectivity index (χ0) is 13.0. The highest BCUT2D eigenvalue weighted by molar-refractivity contribution is 7.07. The number of nitrogens with one attached hydrogen (secondary N) is 1. The molecular formula is C15H25NOS. The minimum absolute atomic E-state index is 0.450. The Balaban J connectivity index is 1.73. The van der Waals surface area contributed by atoms with Crippen LogP contribution in [0.3, 0.4) is 0 Å². The van der Waals surface area contributed by atoms with Crippen molar-refractivity contribution < 1.29 is 4.74 Å². The van der Waals surface area contributed by atoms with Crippen LogP contribution < -0.4 is 5.32 Å². The minimum atomic E-state index is 0.450. The maximum atomic E-state index is 5.83. The molecule has 102 valence electrons. The number of ether oxygens (including phenoxy) is 1. The molecular weight excluding hydrogens is 242 g/mol. The second-order valence-electron chi connectivity index (χ2n) is 5.77. The molecule has 0 aromatic carbocycles. The Hall–Kier alpha value is -0.380. The van der Waals surface area contributed by atoms with E-state index in [2.05, 4.69) is 42.9 Å². The van der Waals surface area contributed by atoms with Gasteiger partial charge >= 0.3 is 0 Å². The fraction of sp³-hybridized carbons (Fsp3) is 0.733. The van der Waals surface area contributed by atoms with Gasteiger partial charge in [-0.05, 0) is 54.0 Å². The Morgan fingerprint density at radius 3 is 2.94 bits per heavy atom. The Labute approximate surface area is 115 Å². The Morgan fingerprint density at radius 2 is 2.28 bits per heavy atom. The van der Waals surface area contributed by atoms with E-state index < -0.39 is 0 Å². The maximum Gasteiger partial charge on any atom is 0.0639 e. The molecule has 0 amide bonds. The van der Waals surface area contributed by atoms with Crippen molar-refractivity contribution in [3.8, 4) is 0 Å². The van der Waals surface area contributed by atoms with E-state index in [0.29, 0.717) is 24.0 Å². The lowest BCUT2D eigenvalue weighted by molar-refractivity contribution is 0.0535. The first-order valence-electron chi connectivity index (χ1n) is 7.03. The molecule has 0 saturated carbocycles. The fourth-order valence-electron chi connectivity index (χ4n) is 2.80. The van der Waals surface area contributed by atoms with Crippen molar-refractivity contribution in [3.05, 3.63) is 22.4 Å². The van der Waals surface area contributed by atoms with E-state index in [1.165, 1.54) is 12.0 Å². The quantitative estimate of drug-likeness (QED) is 0.853. The van der Waals surface area contributed by atoms with Gasteiger partial charge < -0.3 is 10.1 Å². The third kappa shape index (κ3) is 3.81. The highest BCUT2D eigenvalue weighted by atomic mass is 32.1. The first-order chi connectivity index (χ1) is 8.66. The number of rotatable bonds is 6. The van der Waals surface area contributed by atoms with Crippen LogP contribution in [0.2, 0.25) is 0 Å². The van der Waals surface area contributed by atoms with Crippen LogP contribution in [0.25, 0.3) is 0 Å². The van der Waals surface area contributed by atoms with Crippen molar-refractivity contribution in [2.75, 3.05) is 13.2 Å². The summed E-state index contributed by atoms with van der Waals surface area (Å²) in [4.78, 5) is 0. The van der Waals surface area contributed by atoms with Gasteiger partial charge in [-0.15, -0.1) is 0 Å². The Morgan fingerprint density at radius 1 is 1.44 bits per heavy atom. The number of hydrogen-bond acceptors (Lipinski definition) is 3. The minimum Gasteiger partial charge on any atom is -0.378 e. The van der Waals surface area contributed by atoms with Crippen LogP contribution in [-0.4, -0.2) is 25.3 Å². The van der Waals surface area contributed by atoms with Gasteiger partial charge in [0.25, 0.3) is 0 Å². The molecule has 0 bridgehead atoms. The summed E-state index contributed by atoms with van der Waals surface area (Å²) in [5.74, 6) is 1.32. The molecule has 1 N–H and O–H groups in total. The van der Waals surface area contributed by atoms with E-state index in [1.54, 1.807) is 11.3 Å². The molecule has 1 saturated heterocycles. The SMILES string of the molecule is CC(Cc1ccsc1)NCC1CCOC1C(C)C. The van der Waals surface area contributed by atoms with Crippen LogP contribution in [0.5, 0.6) is 0 Å². The molecule has 18 heavy (non-hydrogen) atoms. The molecule has 2 nitrogen and oxygen atoms in total. The Kier molecular flexibility index (Phi) is 5.22. The van der Waals surface area contributed by atoms with Crippen LogP contribution >= 0.6 is 11.3 Å². The standard InChI is InChI=1S/C15H25NOS/c1-11(2)15-14(4-6-17-15)9-16-12(3)8-13-5-7-18-10-13/h5,7,10-12,14-16H,4,6,8-9H2,1-3H3. The first kappa shape index (κ1) is 14.0. The summed E-state index contributed by atoms with van der Waals surface area (Å²) in [6.45, 7) is 8.83. The van der Waals surface area contributed by atoms with Crippen molar-refractivity contribution in [1.29, 1.82) is 0 Å². The summed E-state index contributed by atoms with van der Waals surface area (Å²) in [5.41, 5.74) is 1.45. The van der Waals surface area contributed by atoms with E-state index in [1.807, 2.05) is 0 Å². The lowest BCUT2D eigenvalue weighted by Gasteiger charge is -2.24. The summed E-state index contributed by atoms with van der Waals surface area (Å²) in [5, 5.41) is 8.07. The van der Waals surface area contributed by atoms with Crippen LogP contribution in [-0.2, 0) is 11.2 Å². The molecule has 1 aromatic heterocycles. The average Bonchev–Trinajstić information content (AvgIpc) is 2.96. The average molecular weight is 267 g/mol. The van der Waals surface area contributed by atoms with E-state index in [0.717, 1.165) is 19.6 Å². The number of thiophene rings is 1. The monoisotopic (exact) mass is 267 g/mol. The van der Waals surface area contributed by atoms with E-state index in [4.69, 9.17) is 4.74 Å². The lowest BCUT2D eigenvalue weighted by atomic mass is 9.92. The molecule has 2 rings (SSSR count). The second-order valence-corrected chi connectivity index (χ2v) is 6.55. The van der Waals surface area contributed by atoms with Crippen LogP contribution in [0.4, 0.5) is 0 Å². The van der Waals surface area contributed by atoms with E-state index >= 15 is 0 Å². The smallest absolute Gasteiger partial charge is 0.0639 e. The summed E-state index contributed by atoms with van der Waals surface area (Å²) in [6.07, 6.45) is 2.79. The van der Waals surface area contributed by atoms with Gasteiger partial charge in [0.1, 0.15) is 0 Å². The summed E-state index contributed by atoms with van der Waals surface area (Å²) >= 11 is 1.78. The van der Waals surface area contributed by atoms with Crippen LogP contribution in [0, 0.1) is 11.8 Å². The molecule has 1 aliphatic heterocycles. The van der Waals surface area contributed by atoms with Crippen molar-refractivity contribution in [2.45, 2.75) is 45.8 Å². The van der Waals surface area contributed by atoms with Crippen LogP contribution in [0.15, 0.2) is 16.8 Å². The summed E-state index contributed by atoms with van der Waals surface area (Å²) < 4.78 is 5.83. The Bertz CT molecular complexity index is 336. The lowest BCUT2D eigenvalue weighted by Crippen LogP contribution is -2.36. The topological polar surface area (TPSA) is 21.3 Å². The van der Waals surface area contributed by atoms with Crippen LogP contribution in [0.1, 0.15) is 32.8 Å². The van der Waals surface area contributed by atoms with Gasteiger partial charge in [-0.2, -0.15) is 11.3 Å². The first-order valence-corrected chi connectivity index (χ1v) is 7.97. The summed E-state index contributed by atoms with van der Waals surface area (Å²) in [7, 11) is 0. The molecule has 2 heterocycles. The molecule has 3 heteroatoms. The molecule has 3 unspecified atom stereocenters. The van der Waals surface area contributed by atoms with Gasteiger partial charge in [0, 0.05) is 19.2 Å². The van der Waals surface area contributed by atoms with E-state index in [-0.39, 0.29) is 0 Å². The van der Waals surface area contributed by atoms with Gasteiger partial charge in [0.2, 0.25) is 0 Å². The number of hydrogen-bond donors (Lipinski definition) is 1.